The van der Waals surface area contributed by atoms with Crippen molar-refractivity contribution in [3.8, 4) is 5.88 Å². The van der Waals surface area contributed by atoms with Gasteiger partial charge in [-0.05, 0) is 43.7 Å². The molecule has 0 spiro atoms. The molecule has 1 aromatic carbocycles. The molecule has 3 rings (SSSR count). The first-order valence-corrected chi connectivity index (χ1v) is 8.35. The number of anilines is 1. The molecule has 1 aliphatic rings. The number of rotatable bonds is 6. The van der Waals surface area contributed by atoms with Crippen LogP contribution in [0, 0.1) is 11.7 Å². The lowest BCUT2D eigenvalue weighted by atomic mass is 9.99. The number of nitrogens with one attached hydrogen (secondary N) is 1. The largest absolute Gasteiger partial charge is 0.476 e. The highest BCUT2D eigenvalue weighted by molar-refractivity contribution is 5.92. The second-order valence-corrected chi connectivity index (χ2v) is 6.15. The topological polar surface area (TPSA) is 67.4 Å². The maximum absolute atomic E-state index is 12.9. The Labute approximate surface area is 146 Å². The number of piperidine rings is 1. The van der Waals surface area contributed by atoms with Crippen molar-refractivity contribution in [1.82, 2.24) is 14.9 Å². The first-order valence-electron chi connectivity index (χ1n) is 8.35. The number of halogens is 1. The van der Waals surface area contributed by atoms with Crippen molar-refractivity contribution in [2.45, 2.75) is 12.8 Å². The number of nitrogens with zero attached hydrogens (tertiary/aromatic N) is 3. The molecule has 1 unspecified atom stereocenters. The van der Waals surface area contributed by atoms with E-state index in [1.807, 2.05) is 0 Å². The summed E-state index contributed by atoms with van der Waals surface area (Å²) in [7, 11) is 0. The zero-order valence-corrected chi connectivity index (χ0v) is 13.9. The van der Waals surface area contributed by atoms with Crippen molar-refractivity contribution in [1.29, 1.82) is 0 Å². The zero-order valence-electron chi connectivity index (χ0n) is 13.9. The van der Waals surface area contributed by atoms with E-state index < -0.39 is 0 Å². The van der Waals surface area contributed by atoms with Crippen molar-refractivity contribution in [3.63, 3.8) is 0 Å². The summed E-state index contributed by atoms with van der Waals surface area (Å²) in [4.78, 5) is 22.3. The van der Waals surface area contributed by atoms with Crippen LogP contribution in [0.2, 0.25) is 0 Å². The van der Waals surface area contributed by atoms with E-state index in [1.165, 1.54) is 12.1 Å². The molecule has 1 saturated heterocycles. The second-order valence-electron chi connectivity index (χ2n) is 6.15. The summed E-state index contributed by atoms with van der Waals surface area (Å²) in [5, 5.41) is 2.79. The third-order valence-electron chi connectivity index (χ3n) is 4.10. The maximum Gasteiger partial charge on any atom is 0.238 e. The van der Waals surface area contributed by atoms with Gasteiger partial charge in [-0.1, -0.05) is 0 Å². The van der Waals surface area contributed by atoms with Crippen molar-refractivity contribution < 1.29 is 13.9 Å². The van der Waals surface area contributed by atoms with E-state index in [-0.39, 0.29) is 11.7 Å². The molecule has 2 heterocycles. The van der Waals surface area contributed by atoms with Crippen molar-refractivity contribution in [2.24, 2.45) is 5.92 Å². The summed E-state index contributed by atoms with van der Waals surface area (Å²) in [5.74, 6) is 0.463. The van der Waals surface area contributed by atoms with E-state index in [0.717, 1.165) is 25.9 Å². The lowest BCUT2D eigenvalue weighted by Crippen LogP contribution is -2.42. The Balaban J connectivity index is 1.44. The number of carbonyl (C=O) groups is 1. The molecule has 1 atom stereocenters. The van der Waals surface area contributed by atoms with Crippen LogP contribution in [0.4, 0.5) is 10.1 Å². The Morgan fingerprint density at radius 1 is 1.32 bits per heavy atom. The van der Waals surface area contributed by atoms with Gasteiger partial charge >= 0.3 is 0 Å². The lowest BCUT2D eigenvalue weighted by molar-refractivity contribution is -0.117. The Morgan fingerprint density at radius 3 is 2.92 bits per heavy atom. The van der Waals surface area contributed by atoms with Crippen LogP contribution in [0.25, 0.3) is 0 Å². The number of amides is 1. The first kappa shape index (κ1) is 17.3. The fourth-order valence-electron chi connectivity index (χ4n) is 2.93. The summed E-state index contributed by atoms with van der Waals surface area (Å²) in [6, 6.07) is 5.77. The molecule has 1 N–H and O–H groups in total. The third kappa shape index (κ3) is 5.49. The Morgan fingerprint density at radius 2 is 2.16 bits per heavy atom. The minimum Gasteiger partial charge on any atom is -0.476 e. The molecule has 7 heteroatoms. The first-order chi connectivity index (χ1) is 12.2. The molecule has 2 aromatic rings. The number of likely N-dealkylation sites (tertiary alicyclic amines) is 1. The van der Waals surface area contributed by atoms with Gasteiger partial charge in [0.25, 0.3) is 0 Å². The molecule has 0 aliphatic carbocycles. The summed E-state index contributed by atoms with van der Waals surface area (Å²) in [6.45, 7) is 2.57. The van der Waals surface area contributed by atoms with Gasteiger partial charge in [0.05, 0.1) is 19.3 Å². The standard InChI is InChI=1S/C18H21FN4O2/c19-15-3-5-16(6-4-15)22-17(24)12-23-9-1-2-14(11-23)13-25-18-10-20-7-8-21-18/h3-8,10,14H,1-2,9,11-13H2,(H,22,24). The van der Waals surface area contributed by atoms with Gasteiger partial charge in [0.15, 0.2) is 0 Å². The monoisotopic (exact) mass is 344 g/mol. The van der Waals surface area contributed by atoms with Gasteiger partial charge in [-0.25, -0.2) is 9.37 Å². The van der Waals surface area contributed by atoms with Crippen LogP contribution in [0.3, 0.4) is 0 Å². The van der Waals surface area contributed by atoms with Crippen molar-refractivity contribution >= 4 is 11.6 Å². The van der Waals surface area contributed by atoms with Gasteiger partial charge in [-0.2, -0.15) is 0 Å². The van der Waals surface area contributed by atoms with Crippen LogP contribution in [0.1, 0.15) is 12.8 Å². The van der Waals surface area contributed by atoms with Gasteiger partial charge in [0, 0.05) is 30.5 Å². The highest BCUT2D eigenvalue weighted by Crippen LogP contribution is 2.18. The van der Waals surface area contributed by atoms with E-state index in [2.05, 4.69) is 20.2 Å². The molecule has 132 valence electrons. The fourth-order valence-corrected chi connectivity index (χ4v) is 2.93. The second kappa shape index (κ2) is 8.53. The number of aromatic nitrogens is 2. The van der Waals surface area contributed by atoms with Crippen LogP contribution >= 0.6 is 0 Å². The molecule has 0 radical (unpaired) electrons. The molecule has 25 heavy (non-hydrogen) atoms. The Bertz CT molecular complexity index is 681. The van der Waals surface area contributed by atoms with E-state index in [1.54, 1.807) is 30.7 Å². The van der Waals surface area contributed by atoms with Crippen molar-refractivity contribution in [2.75, 3.05) is 31.6 Å². The van der Waals surface area contributed by atoms with Crippen LogP contribution < -0.4 is 10.1 Å². The van der Waals surface area contributed by atoms with Crippen LogP contribution in [0.15, 0.2) is 42.9 Å². The summed E-state index contributed by atoms with van der Waals surface area (Å²) in [6.07, 6.45) is 6.89. The van der Waals surface area contributed by atoms with Crippen LogP contribution in [-0.4, -0.2) is 47.0 Å². The smallest absolute Gasteiger partial charge is 0.238 e. The van der Waals surface area contributed by atoms with Crippen LogP contribution in [0.5, 0.6) is 5.88 Å². The average molecular weight is 344 g/mol. The molecule has 1 aromatic heterocycles. The molecule has 6 nitrogen and oxygen atoms in total. The van der Waals surface area contributed by atoms with E-state index >= 15 is 0 Å². The Hall–Kier alpha value is -2.54. The number of carbonyl (C=O) groups excluding carboxylic acids is 1. The van der Waals surface area contributed by atoms with E-state index in [4.69, 9.17) is 4.74 Å². The molecular formula is C18H21FN4O2. The summed E-state index contributed by atoms with van der Waals surface area (Å²) in [5.41, 5.74) is 0.603. The highest BCUT2D eigenvalue weighted by Gasteiger charge is 2.22. The van der Waals surface area contributed by atoms with E-state index in [0.29, 0.717) is 30.6 Å². The number of hydrogen-bond donors (Lipinski definition) is 1. The predicted octanol–water partition coefficient (Wildman–Crippen LogP) is 2.35. The van der Waals surface area contributed by atoms with Crippen molar-refractivity contribution in [3.05, 3.63) is 48.7 Å². The normalized spacial score (nSPS) is 17.9. The van der Waals surface area contributed by atoms with Gasteiger partial charge in [0.1, 0.15) is 5.82 Å². The highest BCUT2D eigenvalue weighted by atomic mass is 19.1. The SMILES string of the molecule is O=C(CN1CCCC(COc2cnccn2)C1)Nc1ccc(F)cc1. The molecular weight excluding hydrogens is 323 g/mol. The minimum absolute atomic E-state index is 0.0953. The maximum atomic E-state index is 12.9. The molecule has 1 amide bonds. The number of ether oxygens (including phenoxy) is 1. The average Bonchev–Trinajstić information content (AvgIpc) is 2.63. The summed E-state index contributed by atoms with van der Waals surface area (Å²) >= 11 is 0. The van der Waals surface area contributed by atoms with Gasteiger partial charge < -0.3 is 10.1 Å². The molecule has 0 saturated carbocycles. The fraction of sp³-hybridized carbons (Fsp3) is 0.389. The van der Waals surface area contributed by atoms with Crippen LogP contribution in [-0.2, 0) is 4.79 Å². The number of hydrogen-bond acceptors (Lipinski definition) is 5. The quantitative estimate of drug-likeness (QED) is 0.871. The Kier molecular flexibility index (Phi) is 5.90. The van der Waals surface area contributed by atoms with E-state index in [9.17, 15) is 9.18 Å². The number of benzene rings is 1. The third-order valence-corrected chi connectivity index (χ3v) is 4.10. The predicted molar refractivity (Wildman–Crippen MR) is 91.7 cm³/mol. The molecule has 1 aliphatic heterocycles. The van der Waals surface area contributed by atoms with Gasteiger partial charge in [-0.15, -0.1) is 0 Å². The lowest BCUT2D eigenvalue weighted by Gasteiger charge is -2.31. The molecule has 0 bridgehead atoms. The molecule has 1 fully saturated rings. The minimum atomic E-state index is -0.319. The van der Waals surface area contributed by atoms with Gasteiger partial charge in [0.2, 0.25) is 11.8 Å². The zero-order chi connectivity index (χ0) is 17.5. The van der Waals surface area contributed by atoms with Gasteiger partial charge in [-0.3, -0.25) is 14.7 Å². The summed E-state index contributed by atoms with van der Waals surface area (Å²) < 4.78 is 18.6.